The Labute approximate surface area is 84.6 Å². The zero-order valence-corrected chi connectivity index (χ0v) is 8.66. The van der Waals surface area contributed by atoms with E-state index < -0.39 is 0 Å². The Morgan fingerprint density at radius 1 is 1.50 bits per heavy atom. The normalized spacial score (nSPS) is 35.4. The second-order valence-corrected chi connectivity index (χ2v) is 4.11. The molecule has 3 fully saturated rings. The summed E-state index contributed by atoms with van der Waals surface area (Å²) in [4.78, 5) is 13.6. The summed E-state index contributed by atoms with van der Waals surface area (Å²) >= 11 is 0. The molecule has 80 valence electrons. The highest BCUT2D eigenvalue weighted by atomic mass is 16.5. The van der Waals surface area contributed by atoms with Gasteiger partial charge in [0.25, 0.3) is 0 Å². The van der Waals surface area contributed by atoms with Crippen molar-refractivity contribution in [3.8, 4) is 0 Å². The van der Waals surface area contributed by atoms with Gasteiger partial charge in [0.1, 0.15) is 0 Å². The first-order valence-corrected chi connectivity index (χ1v) is 5.45. The molecule has 0 radical (unpaired) electrons. The molecule has 0 aliphatic carbocycles. The number of alkyl carbamates (subject to hydrolysis) is 1. The Balaban J connectivity index is 1.83. The molecule has 0 aromatic carbocycles. The van der Waals surface area contributed by atoms with Crippen molar-refractivity contribution in [3.05, 3.63) is 0 Å². The highest BCUT2D eigenvalue weighted by Gasteiger charge is 2.34. The molecule has 0 aromatic heterocycles. The number of carbonyl (C=O) groups is 1. The van der Waals surface area contributed by atoms with Crippen LogP contribution in [0.25, 0.3) is 0 Å². The molecule has 0 saturated carbocycles. The van der Waals surface area contributed by atoms with Crippen molar-refractivity contribution in [1.29, 1.82) is 0 Å². The molecule has 14 heavy (non-hydrogen) atoms. The van der Waals surface area contributed by atoms with E-state index in [-0.39, 0.29) is 6.09 Å². The van der Waals surface area contributed by atoms with Crippen molar-refractivity contribution in [2.45, 2.75) is 25.8 Å². The number of fused-ring (bicyclic) bond motifs is 3. The average Bonchev–Trinajstić information content (AvgIpc) is 2.19. The van der Waals surface area contributed by atoms with Crippen LogP contribution in [-0.4, -0.2) is 43.3 Å². The van der Waals surface area contributed by atoms with Crippen LogP contribution in [0, 0.1) is 5.92 Å². The summed E-state index contributed by atoms with van der Waals surface area (Å²) in [5, 5.41) is 2.95. The summed E-state index contributed by atoms with van der Waals surface area (Å²) in [6.45, 7) is 5.68. The van der Waals surface area contributed by atoms with Gasteiger partial charge in [0.05, 0.1) is 6.61 Å². The topological polar surface area (TPSA) is 41.6 Å². The zero-order valence-electron chi connectivity index (χ0n) is 8.66. The highest BCUT2D eigenvalue weighted by molar-refractivity contribution is 5.67. The monoisotopic (exact) mass is 198 g/mol. The number of carbonyl (C=O) groups excluding carboxylic acids is 1. The predicted molar refractivity (Wildman–Crippen MR) is 53.1 cm³/mol. The van der Waals surface area contributed by atoms with Crippen LogP contribution in [0.2, 0.25) is 0 Å². The second-order valence-electron chi connectivity index (χ2n) is 4.11. The number of hydrogen-bond acceptors (Lipinski definition) is 3. The SMILES string of the molecule is CCOC(=O)N[C@H]1CN2CCC1CC2. The molecule has 3 aliphatic rings. The van der Waals surface area contributed by atoms with Gasteiger partial charge in [0.15, 0.2) is 0 Å². The smallest absolute Gasteiger partial charge is 0.407 e. The molecule has 4 nitrogen and oxygen atoms in total. The summed E-state index contributed by atoms with van der Waals surface area (Å²) < 4.78 is 4.88. The van der Waals surface area contributed by atoms with Gasteiger partial charge >= 0.3 is 6.09 Å². The van der Waals surface area contributed by atoms with E-state index in [1.165, 1.54) is 25.9 Å². The van der Waals surface area contributed by atoms with Crippen LogP contribution in [0.5, 0.6) is 0 Å². The van der Waals surface area contributed by atoms with Crippen LogP contribution in [0.4, 0.5) is 4.79 Å². The lowest BCUT2D eigenvalue weighted by Crippen LogP contribution is -2.57. The number of amides is 1. The van der Waals surface area contributed by atoms with E-state index in [0.717, 1.165) is 6.54 Å². The third-order valence-electron chi connectivity index (χ3n) is 3.23. The second kappa shape index (κ2) is 4.17. The molecule has 4 heteroatoms. The fraction of sp³-hybridized carbons (Fsp3) is 0.900. The van der Waals surface area contributed by atoms with Crippen LogP contribution in [0.3, 0.4) is 0 Å². The lowest BCUT2D eigenvalue weighted by molar-refractivity contribution is 0.0664. The van der Waals surface area contributed by atoms with Gasteiger partial charge in [-0.05, 0) is 38.8 Å². The quantitative estimate of drug-likeness (QED) is 0.714. The molecule has 1 atom stereocenters. The Morgan fingerprint density at radius 3 is 2.71 bits per heavy atom. The molecule has 0 spiro atoms. The van der Waals surface area contributed by atoms with Gasteiger partial charge in [0.2, 0.25) is 0 Å². The number of rotatable bonds is 2. The Bertz CT molecular complexity index is 212. The number of ether oxygens (including phenoxy) is 1. The fourth-order valence-corrected chi connectivity index (χ4v) is 2.45. The average molecular weight is 198 g/mol. The van der Waals surface area contributed by atoms with E-state index in [4.69, 9.17) is 4.74 Å². The van der Waals surface area contributed by atoms with Gasteiger partial charge in [-0.3, -0.25) is 0 Å². The number of piperidine rings is 3. The standard InChI is InChI=1S/C10H18N2O2/c1-2-14-10(13)11-9-7-12-5-3-8(9)4-6-12/h8-9H,2-7H2,1H3,(H,11,13)/t9-/m0/s1. The number of hydrogen-bond donors (Lipinski definition) is 1. The Morgan fingerprint density at radius 2 is 2.21 bits per heavy atom. The van der Waals surface area contributed by atoms with Crippen molar-refractivity contribution in [3.63, 3.8) is 0 Å². The number of nitrogens with one attached hydrogen (secondary N) is 1. The van der Waals surface area contributed by atoms with E-state index in [1.54, 1.807) is 0 Å². The first-order valence-electron chi connectivity index (χ1n) is 5.45. The van der Waals surface area contributed by atoms with Crippen LogP contribution < -0.4 is 5.32 Å². The summed E-state index contributed by atoms with van der Waals surface area (Å²) in [6.07, 6.45) is 2.18. The van der Waals surface area contributed by atoms with E-state index in [9.17, 15) is 4.79 Å². The Kier molecular flexibility index (Phi) is 2.91. The first kappa shape index (κ1) is 9.77. The Hall–Kier alpha value is -0.770. The summed E-state index contributed by atoms with van der Waals surface area (Å²) in [6, 6.07) is 0.316. The van der Waals surface area contributed by atoms with Crippen molar-refractivity contribution in [2.75, 3.05) is 26.2 Å². The van der Waals surface area contributed by atoms with Crippen molar-refractivity contribution >= 4 is 6.09 Å². The molecule has 3 saturated heterocycles. The predicted octanol–water partition coefficient (Wildman–Crippen LogP) is 0.827. The lowest BCUT2D eigenvalue weighted by Gasteiger charge is -2.44. The highest BCUT2D eigenvalue weighted by Crippen LogP contribution is 2.27. The lowest BCUT2D eigenvalue weighted by atomic mass is 9.84. The van der Waals surface area contributed by atoms with Gasteiger partial charge < -0.3 is 15.0 Å². The maximum absolute atomic E-state index is 11.2. The van der Waals surface area contributed by atoms with E-state index >= 15 is 0 Å². The van der Waals surface area contributed by atoms with Gasteiger partial charge in [0, 0.05) is 12.6 Å². The molecule has 0 unspecified atom stereocenters. The van der Waals surface area contributed by atoms with E-state index in [0.29, 0.717) is 18.6 Å². The van der Waals surface area contributed by atoms with Crippen LogP contribution >= 0.6 is 0 Å². The minimum Gasteiger partial charge on any atom is -0.450 e. The number of nitrogens with zero attached hydrogens (tertiary/aromatic N) is 1. The van der Waals surface area contributed by atoms with Crippen LogP contribution in [0.15, 0.2) is 0 Å². The van der Waals surface area contributed by atoms with Gasteiger partial charge in [-0.15, -0.1) is 0 Å². The first-order chi connectivity index (χ1) is 6.79. The van der Waals surface area contributed by atoms with Crippen molar-refractivity contribution < 1.29 is 9.53 Å². The van der Waals surface area contributed by atoms with Gasteiger partial charge in [-0.1, -0.05) is 0 Å². The molecular weight excluding hydrogens is 180 g/mol. The minimum atomic E-state index is -0.258. The van der Waals surface area contributed by atoms with Gasteiger partial charge in [-0.2, -0.15) is 0 Å². The molecule has 3 heterocycles. The van der Waals surface area contributed by atoms with E-state index in [2.05, 4.69) is 10.2 Å². The molecule has 3 rings (SSSR count). The van der Waals surface area contributed by atoms with Gasteiger partial charge in [-0.25, -0.2) is 4.79 Å². The fourth-order valence-electron chi connectivity index (χ4n) is 2.45. The summed E-state index contributed by atoms with van der Waals surface area (Å²) in [7, 11) is 0. The summed E-state index contributed by atoms with van der Waals surface area (Å²) in [5.74, 6) is 0.671. The maximum Gasteiger partial charge on any atom is 0.407 e. The maximum atomic E-state index is 11.2. The van der Waals surface area contributed by atoms with Crippen LogP contribution in [-0.2, 0) is 4.74 Å². The minimum absolute atomic E-state index is 0.258. The molecule has 2 bridgehead atoms. The molecular formula is C10H18N2O2. The molecule has 3 aliphatic heterocycles. The molecule has 0 aromatic rings. The van der Waals surface area contributed by atoms with E-state index in [1.807, 2.05) is 6.92 Å². The largest absolute Gasteiger partial charge is 0.450 e. The molecule has 1 amide bonds. The third-order valence-corrected chi connectivity index (χ3v) is 3.23. The third kappa shape index (κ3) is 2.00. The summed E-state index contributed by atoms with van der Waals surface area (Å²) in [5.41, 5.74) is 0. The zero-order chi connectivity index (χ0) is 9.97. The molecule has 1 N–H and O–H groups in total. The van der Waals surface area contributed by atoms with Crippen molar-refractivity contribution in [2.24, 2.45) is 5.92 Å². The van der Waals surface area contributed by atoms with Crippen molar-refractivity contribution in [1.82, 2.24) is 10.2 Å². The van der Waals surface area contributed by atoms with Crippen LogP contribution in [0.1, 0.15) is 19.8 Å².